The van der Waals surface area contributed by atoms with E-state index >= 15 is 0 Å². The van der Waals surface area contributed by atoms with Gasteiger partial charge in [0.1, 0.15) is 0 Å². The Morgan fingerprint density at radius 2 is 1.54 bits per heavy atom. The van der Waals surface area contributed by atoms with Crippen LogP contribution in [0.15, 0.2) is 73.1 Å². The summed E-state index contributed by atoms with van der Waals surface area (Å²) in [6.45, 7) is 0.291. The van der Waals surface area contributed by atoms with Crippen LogP contribution in [-0.2, 0) is 12.3 Å². The second kappa shape index (κ2) is 5.54. The van der Waals surface area contributed by atoms with Gasteiger partial charge in [0, 0.05) is 17.7 Å². The van der Waals surface area contributed by atoms with Gasteiger partial charge in [-0.2, -0.15) is 10.2 Å². The molecule has 5 nitrogen and oxygen atoms in total. The summed E-state index contributed by atoms with van der Waals surface area (Å²) in [7, 11) is 0. The number of amides is 1. The molecular weight excluding hydrogens is 302 g/mol. The fourth-order valence-corrected chi connectivity index (χ4v) is 3.14. The zero-order valence-corrected chi connectivity index (χ0v) is 12.8. The Morgan fingerprint density at radius 1 is 0.917 bits per heavy atom. The van der Waals surface area contributed by atoms with Crippen LogP contribution in [0.4, 0.5) is 0 Å². The van der Waals surface area contributed by atoms with Crippen LogP contribution in [-0.4, -0.2) is 26.1 Å². The molecule has 0 spiro atoms. The second-order valence-corrected chi connectivity index (χ2v) is 5.73. The summed E-state index contributed by atoms with van der Waals surface area (Å²) in [6.07, 6.45) is 2.88. The van der Waals surface area contributed by atoms with Crippen LogP contribution in [0.2, 0.25) is 0 Å². The van der Waals surface area contributed by atoms with Crippen molar-refractivity contribution in [3.8, 4) is 0 Å². The van der Waals surface area contributed by atoms with E-state index in [1.54, 1.807) is 12.1 Å². The molecular formula is C19H15N3O2. The largest absolute Gasteiger partial charge is 0.363 e. The highest BCUT2D eigenvalue weighted by Crippen LogP contribution is 2.42. The Bertz CT molecular complexity index is 883. The predicted molar refractivity (Wildman–Crippen MR) is 87.8 cm³/mol. The molecule has 1 aliphatic heterocycles. The number of aliphatic hydroxyl groups is 1. The predicted octanol–water partition coefficient (Wildman–Crippen LogP) is 2.33. The van der Waals surface area contributed by atoms with Crippen LogP contribution >= 0.6 is 0 Å². The molecule has 4 rings (SSSR count). The van der Waals surface area contributed by atoms with Crippen molar-refractivity contribution in [3.63, 3.8) is 0 Å². The molecule has 0 saturated carbocycles. The van der Waals surface area contributed by atoms with Crippen molar-refractivity contribution in [2.75, 3.05) is 0 Å². The lowest BCUT2D eigenvalue weighted by molar-refractivity contribution is -0.0544. The van der Waals surface area contributed by atoms with Crippen LogP contribution in [0.3, 0.4) is 0 Å². The number of hydrogen-bond acceptors (Lipinski definition) is 4. The minimum atomic E-state index is -1.56. The van der Waals surface area contributed by atoms with E-state index in [2.05, 4.69) is 10.2 Å². The molecule has 2 heterocycles. The van der Waals surface area contributed by atoms with Crippen LogP contribution in [0.1, 0.15) is 27.0 Å². The monoisotopic (exact) mass is 317 g/mol. The van der Waals surface area contributed by atoms with E-state index in [0.717, 1.165) is 5.56 Å². The lowest BCUT2D eigenvalue weighted by atomic mass is 9.95. The minimum absolute atomic E-state index is 0.255. The fraction of sp³-hybridized carbons (Fsp3) is 0.105. The van der Waals surface area contributed by atoms with Gasteiger partial charge >= 0.3 is 0 Å². The zero-order valence-electron chi connectivity index (χ0n) is 12.8. The standard InChI is InChI=1S/C19H15N3O2/c23-18-16-11-20-21-12-17(16)19(24,15-9-5-2-6-10-15)22(18)13-14-7-3-1-4-8-14/h1-12,24H,13H2. The molecule has 5 heteroatoms. The Labute approximate surface area is 139 Å². The van der Waals surface area contributed by atoms with E-state index in [9.17, 15) is 9.90 Å². The molecule has 1 unspecified atom stereocenters. The Balaban J connectivity index is 1.87. The summed E-state index contributed by atoms with van der Waals surface area (Å²) in [5.41, 5.74) is 0.853. The Kier molecular flexibility index (Phi) is 3.36. The van der Waals surface area contributed by atoms with Crippen LogP contribution in [0.5, 0.6) is 0 Å². The highest BCUT2D eigenvalue weighted by atomic mass is 16.3. The van der Waals surface area contributed by atoms with Gasteiger partial charge in [-0.3, -0.25) is 9.69 Å². The summed E-state index contributed by atoms with van der Waals surface area (Å²) < 4.78 is 0. The van der Waals surface area contributed by atoms with Crippen molar-refractivity contribution in [2.45, 2.75) is 12.3 Å². The number of fused-ring (bicyclic) bond motifs is 1. The lowest BCUT2D eigenvalue weighted by Gasteiger charge is -2.34. The number of carbonyl (C=O) groups excluding carboxylic acids is 1. The van der Waals surface area contributed by atoms with Crippen molar-refractivity contribution < 1.29 is 9.90 Å². The smallest absolute Gasteiger partial charge is 0.259 e. The summed E-state index contributed by atoms with van der Waals surface area (Å²) >= 11 is 0. The fourth-order valence-electron chi connectivity index (χ4n) is 3.14. The zero-order chi connectivity index (χ0) is 16.6. The molecule has 1 aromatic heterocycles. The second-order valence-electron chi connectivity index (χ2n) is 5.73. The molecule has 0 fully saturated rings. The highest BCUT2D eigenvalue weighted by molar-refractivity contribution is 5.99. The molecule has 0 radical (unpaired) electrons. The van der Waals surface area contributed by atoms with Crippen molar-refractivity contribution in [2.24, 2.45) is 0 Å². The summed E-state index contributed by atoms with van der Waals surface area (Å²) in [5, 5.41) is 19.2. The molecule has 2 aromatic carbocycles. The third kappa shape index (κ3) is 2.10. The van der Waals surface area contributed by atoms with E-state index in [0.29, 0.717) is 23.2 Å². The van der Waals surface area contributed by atoms with E-state index in [1.807, 2.05) is 48.5 Å². The van der Waals surface area contributed by atoms with E-state index in [1.165, 1.54) is 17.3 Å². The lowest BCUT2D eigenvalue weighted by Crippen LogP contribution is -2.44. The first-order chi connectivity index (χ1) is 11.7. The van der Waals surface area contributed by atoms with Crippen molar-refractivity contribution >= 4 is 5.91 Å². The van der Waals surface area contributed by atoms with Gasteiger partial charge in [0.2, 0.25) is 0 Å². The summed E-state index contributed by atoms with van der Waals surface area (Å²) in [4.78, 5) is 14.4. The number of rotatable bonds is 3. The third-order valence-corrected chi connectivity index (χ3v) is 4.33. The maximum Gasteiger partial charge on any atom is 0.259 e. The number of benzene rings is 2. The number of carbonyl (C=O) groups is 1. The molecule has 0 aliphatic carbocycles. The molecule has 24 heavy (non-hydrogen) atoms. The molecule has 0 bridgehead atoms. The van der Waals surface area contributed by atoms with Crippen LogP contribution in [0.25, 0.3) is 0 Å². The van der Waals surface area contributed by atoms with Gasteiger partial charge in [-0.25, -0.2) is 0 Å². The molecule has 0 saturated heterocycles. The molecule has 1 atom stereocenters. The van der Waals surface area contributed by atoms with Gasteiger partial charge in [-0.05, 0) is 5.56 Å². The van der Waals surface area contributed by atoms with Crippen LogP contribution < -0.4 is 0 Å². The average molecular weight is 317 g/mol. The number of aromatic nitrogens is 2. The Hall–Kier alpha value is -3.05. The highest BCUT2D eigenvalue weighted by Gasteiger charge is 2.50. The van der Waals surface area contributed by atoms with Gasteiger partial charge in [0.15, 0.2) is 5.72 Å². The van der Waals surface area contributed by atoms with Gasteiger partial charge in [-0.15, -0.1) is 0 Å². The van der Waals surface area contributed by atoms with E-state index < -0.39 is 5.72 Å². The first kappa shape index (κ1) is 14.5. The van der Waals surface area contributed by atoms with Gasteiger partial charge in [-0.1, -0.05) is 60.7 Å². The molecule has 1 N–H and O–H groups in total. The number of nitrogens with zero attached hydrogens (tertiary/aromatic N) is 3. The maximum absolute atomic E-state index is 12.9. The van der Waals surface area contributed by atoms with E-state index in [-0.39, 0.29) is 5.91 Å². The molecule has 3 aromatic rings. The summed E-state index contributed by atoms with van der Waals surface area (Å²) in [5.74, 6) is -0.255. The molecule has 1 aliphatic rings. The van der Waals surface area contributed by atoms with Gasteiger partial charge in [0.05, 0.1) is 18.0 Å². The first-order valence-corrected chi connectivity index (χ1v) is 7.66. The third-order valence-electron chi connectivity index (χ3n) is 4.33. The molecule has 1 amide bonds. The van der Waals surface area contributed by atoms with Crippen molar-refractivity contribution in [3.05, 3.63) is 95.3 Å². The quantitative estimate of drug-likeness (QED) is 0.805. The Morgan fingerprint density at radius 3 is 2.25 bits per heavy atom. The van der Waals surface area contributed by atoms with E-state index in [4.69, 9.17) is 0 Å². The maximum atomic E-state index is 12.9. The normalized spacial score (nSPS) is 19.4. The average Bonchev–Trinajstić information content (AvgIpc) is 2.87. The van der Waals surface area contributed by atoms with Crippen molar-refractivity contribution in [1.29, 1.82) is 0 Å². The van der Waals surface area contributed by atoms with Gasteiger partial charge < -0.3 is 5.11 Å². The van der Waals surface area contributed by atoms with Crippen molar-refractivity contribution in [1.82, 2.24) is 15.1 Å². The molecule has 118 valence electrons. The minimum Gasteiger partial charge on any atom is -0.363 e. The topological polar surface area (TPSA) is 66.3 Å². The first-order valence-electron chi connectivity index (χ1n) is 7.66. The summed E-state index contributed by atoms with van der Waals surface area (Å²) in [6, 6.07) is 18.8. The number of hydrogen-bond donors (Lipinski definition) is 1. The SMILES string of the molecule is O=C1c2cnncc2C(O)(c2ccccc2)N1Cc1ccccc1. The van der Waals surface area contributed by atoms with Gasteiger partial charge in [0.25, 0.3) is 5.91 Å². The van der Waals surface area contributed by atoms with Crippen LogP contribution in [0, 0.1) is 0 Å².